The number of ether oxygens (including phenoxy) is 1. The van der Waals surface area contributed by atoms with E-state index in [2.05, 4.69) is 20.4 Å². The van der Waals surface area contributed by atoms with Crippen LogP contribution in [0.2, 0.25) is 0 Å². The van der Waals surface area contributed by atoms with Crippen LogP contribution < -0.4 is 10.6 Å². The molecule has 0 spiro atoms. The highest BCUT2D eigenvalue weighted by molar-refractivity contribution is 7.14. The number of carbonyl (C=O) groups is 4. The summed E-state index contributed by atoms with van der Waals surface area (Å²) in [6.45, 7) is -0.00917. The number of nitrogens with zero attached hydrogens (tertiary/aromatic N) is 2. The highest BCUT2D eigenvalue weighted by atomic mass is 32.1. The first-order valence-electron chi connectivity index (χ1n) is 9.84. The van der Waals surface area contributed by atoms with Crippen molar-refractivity contribution in [3.05, 3.63) is 32.7 Å². The molecule has 2 amide bonds. The number of likely N-dealkylation sites (tertiary alicyclic amines) is 1. The summed E-state index contributed by atoms with van der Waals surface area (Å²) in [4.78, 5) is 53.1. The molecule has 0 radical (unpaired) electrons. The maximum atomic E-state index is 14.2. The van der Waals surface area contributed by atoms with E-state index in [4.69, 9.17) is 0 Å². The molecule has 16 heteroatoms. The fourth-order valence-corrected chi connectivity index (χ4v) is 4.96. The Labute approximate surface area is 202 Å². The Morgan fingerprint density at radius 2 is 1.94 bits per heavy atom. The second-order valence-electron chi connectivity index (χ2n) is 7.30. The van der Waals surface area contributed by atoms with Crippen molar-refractivity contribution in [2.24, 2.45) is 0 Å². The summed E-state index contributed by atoms with van der Waals surface area (Å²) in [5.74, 6) is -5.42. The van der Waals surface area contributed by atoms with Crippen molar-refractivity contribution in [1.29, 1.82) is 0 Å². The molecule has 0 aliphatic carbocycles. The number of amides is 2. The van der Waals surface area contributed by atoms with E-state index in [1.54, 1.807) is 6.92 Å². The average Bonchev–Trinajstić information content (AvgIpc) is 3.45. The van der Waals surface area contributed by atoms with Gasteiger partial charge in [0.1, 0.15) is 6.17 Å². The molecule has 0 aromatic carbocycles. The molecule has 3 heterocycles. The summed E-state index contributed by atoms with van der Waals surface area (Å²) in [5, 5.41) is 4.20. The molecule has 0 unspecified atom stereocenters. The number of esters is 2. The van der Waals surface area contributed by atoms with Crippen LogP contribution in [-0.2, 0) is 19.1 Å². The number of alkyl halides is 4. The largest absolute Gasteiger partial charge is 0.491 e. The predicted molar refractivity (Wildman–Crippen MR) is 113 cm³/mol. The van der Waals surface area contributed by atoms with E-state index in [9.17, 15) is 41.1 Å². The average molecular weight is 540 g/mol. The van der Waals surface area contributed by atoms with Gasteiger partial charge in [-0.3, -0.25) is 25.0 Å². The van der Waals surface area contributed by atoms with Gasteiger partial charge in [0, 0.05) is 16.2 Å². The van der Waals surface area contributed by atoms with Crippen LogP contribution in [0.3, 0.4) is 0 Å². The quantitative estimate of drug-likeness (QED) is 0.315. The van der Waals surface area contributed by atoms with Crippen LogP contribution in [0.5, 0.6) is 0 Å². The van der Waals surface area contributed by atoms with Gasteiger partial charge in [0.05, 0.1) is 37.4 Å². The molecule has 2 atom stereocenters. The number of thiophene rings is 1. The molecule has 2 aromatic heterocycles. The number of thiazole rings is 1. The molecule has 1 fully saturated rings. The maximum absolute atomic E-state index is 14.2. The second-order valence-corrected chi connectivity index (χ2v) is 9.57. The zero-order valence-electron chi connectivity index (χ0n) is 17.8. The summed E-state index contributed by atoms with van der Waals surface area (Å²) < 4.78 is 67.2. The topological polar surface area (TPSA) is 118 Å². The van der Waals surface area contributed by atoms with Gasteiger partial charge < -0.3 is 9.64 Å². The first kappa shape index (κ1) is 26.6. The molecule has 3 rings (SSSR count). The van der Waals surface area contributed by atoms with Gasteiger partial charge in [-0.1, -0.05) is 11.3 Å². The molecule has 9 nitrogen and oxygen atoms in total. The van der Waals surface area contributed by atoms with Crippen LogP contribution in [0.4, 0.5) is 27.1 Å². The van der Waals surface area contributed by atoms with Gasteiger partial charge in [-0.15, -0.1) is 11.3 Å². The summed E-state index contributed by atoms with van der Waals surface area (Å²) in [6, 6.07) is 0.774. The van der Waals surface area contributed by atoms with E-state index in [1.165, 1.54) is 22.3 Å². The Morgan fingerprint density at radius 3 is 2.57 bits per heavy atom. The lowest BCUT2D eigenvalue weighted by atomic mass is 10.1. The summed E-state index contributed by atoms with van der Waals surface area (Å²) in [6.07, 6.45) is -5.80. The number of anilines is 1. The molecule has 0 bridgehead atoms. The lowest BCUT2D eigenvalue weighted by molar-refractivity contribution is -0.201. The van der Waals surface area contributed by atoms with E-state index in [-0.39, 0.29) is 23.7 Å². The zero-order chi connectivity index (χ0) is 25.9. The van der Waals surface area contributed by atoms with Gasteiger partial charge in [-0.25, -0.2) is 14.2 Å². The van der Waals surface area contributed by atoms with Crippen molar-refractivity contribution < 1.29 is 45.9 Å². The lowest BCUT2D eigenvalue weighted by Crippen LogP contribution is -2.40. The SMILES string of the molecule is Cc1sc([C@@H]2C[C@@H](F)CN2C(=O)CNCC(=O)OC(=O)C(F)(F)F)cc1C(=O)Nc1ncc(F)s1. The fourth-order valence-electron chi connectivity index (χ4n) is 3.27. The first-order valence-corrected chi connectivity index (χ1v) is 11.5. The van der Waals surface area contributed by atoms with Gasteiger partial charge >= 0.3 is 18.1 Å². The van der Waals surface area contributed by atoms with E-state index in [1.807, 2.05) is 0 Å². The molecular weight excluding hydrogens is 523 g/mol. The van der Waals surface area contributed by atoms with Gasteiger partial charge in [-0.05, 0) is 13.0 Å². The van der Waals surface area contributed by atoms with Crippen LogP contribution >= 0.6 is 22.7 Å². The Bertz CT molecular complexity index is 1140. The number of rotatable bonds is 7. The number of hydrogen-bond donors (Lipinski definition) is 2. The number of halogens is 5. The zero-order valence-corrected chi connectivity index (χ0v) is 19.4. The minimum atomic E-state index is -5.34. The Balaban J connectivity index is 1.61. The smallest absolute Gasteiger partial charge is 0.385 e. The van der Waals surface area contributed by atoms with Crippen molar-refractivity contribution in [1.82, 2.24) is 15.2 Å². The molecule has 0 saturated carbocycles. The molecule has 2 N–H and O–H groups in total. The molecule has 35 heavy (non-hydrogen) atoms. The Morgan fingerprint density at radius 1 is 1.23 bits per heavy atom. The van der Waals surface area contributed by atoms with Crippen LogP contribution in [0.15, 0.2) is 12.3 Å². The number of aromatic nitrogens is 1. The predicted octanol–water partition coefficient (Wildman–Crippen LogP) is 2.74. The van der Waals surface area contributed by atoms with E-state index in [0.717, 1.165) is 6.20 Å². The number of aryl methyl sites for hydroxylation is 1. The van der Waals surface area contributed by atoms with E-state index >= 15 is 0 Å². The summed E-state index contributed by atoms with van der Waals surface area (Å²) in [5.41, 5.74) is 0.241. The molecule has 1 saturated heterocycles. The van der Waals surface area contributed by atoms with Crippen molar-refractivity contribution >= 4 is 51.6 Å². The van der Waals surface area contributed by atoms with Crippen molar-refractivity contribution in [3.8, 4) is 0 Å². The van der Waals surface area contributed by atoms with Crippen molar-refractivity contribution in [2.45, 2.75) is 31.7 Å². The molecule has 190 valence electrons. The van der Waals surface area contributed by atoms with Crippen LogP contribution in [0.25, 0.3) is 0 Å². The van der Waals surface area contributed by atoms with E-state index in [0.29, 0.717) is 21.1 Å². The second kappa shape index (κ2) is 10.7. The number of nitrogens with one attached hydrogen (secondary N) is 2. The molecule has 1 aliphatic heterocycles. The van der Waals surface area contributed by atoms with Gasteiger partial charge in [0.2, 0.25) is 5.91 Å². The normalized spacial score (nSPS) is 17.9. The highest BCUT2D eigenvalue weighted by Crippen LogP contribution is 2.38. The lowest BCUT2D eigenvalue weighted by Gasteiger charge is -2.23. The minimum absolute atomic E-state index is 0.0490. The fraction of sp³-hybridized carbons (Fsp3) is 0.421. The van der Waals surface area contributed by atoms with Crippen molar-refractivity contribution in [2.75, 3.05) is 25.0 Å². The standard InChI is InChI=1S/C19H17F5N4O5S2/c1-8-10(16(31)27-18-26-4-13(21)35-18)3-12(34-8)11-2-9(20)7-28(11)14(29)5-25-6-15(30)33-17(32)19(22,23)24/h3-4,9,11,25H,2,5-7H2,1H3,(H,26,27,31)/t9-,11+/m1/s1. The van der Waals surface area contributed by atoms with Gasteiger partial charge in [-0.2, -0.15) is 17.6 Å². The van der Waals surface area contributed by atoms with Crippen molar-refractivity contribution in [3.63, 3.8) is 0 Å². The summed E-state index contributed by atoms with van der Waals surface area (Å²) in [7, 11) is 0. The third kappa shape index (κ3) is 6.79. The first-order chi connectivity index (χ1) is 16.3. The Kier molecular flexibility index (Phi) is 8.17. The molecule has 2 aromatic rings. The van der Waals surface area contributed by atoms with E-state index < -0.39 is 60.4 Å². The van der Waals surface area contributed by atoms with Crippen LogP contribution in [0, 0.1) is 12.1 Å². The molecule has 1 aliphatic rings. The molecular formula is C19H17F5N4O5S2. The maximum Gasteiger partial charge on any atom is 0.491 e. The number of carbonyl (C=O) groups excluding carboxylic acids is 4. The monoisotopic (exact) mass is 540 g/mol. The number of hydrogen-bond acceptors (Lipinski definition) is 9. The third-order valence-corrected chi connectivity index (χ3v) is 6.61. The van der Waals surface area contributed by atoms with Crippen LogP contribution in [-0.4, -0.2) is 65.6 Å². The van der Waals surface area contributed by atoms with Crippen LogP contribution in [0.1, 0.15) is 32.6 Å². The van der Waals surface area contributed by atoms with Gasteiger partial charge in [0.25, 0.3) is 5.91 Å². The van der Waals surface area contributed by atoms with Gasteiger partial charge in [0.15, 0.2) is 10.3 Å². The summed E-state index contributed by atoms with van der Waals surface area (Å²) >= 11 is 1.81. The Hall–Kier alpha value is -2.98. The highest BCUT2D eigenvalue weighted by Gasteiger charge is 2.42. The minimum Gasteiger partial charge on any atom is -0.385 e. The third-order valence-electron chi connectivity index (χ3n) is 4.76.